The van der Waals surface area contributed by atoms with Gasteiger partial charge in [0, 0.05) is 26.7 Å². The lowest BCUT2D eigenvalue weighted by Gasteiger charge is -2.20. The maximum absolute atomic E-state index is 12.8. The number of rotatable bonds is 4. The lowest BCUT2D eigenvalue weighted by atomic mass is 9.97. The molecule has 1 N–H and O–H groups in total. The Bertz CT molecular complexity index is 1070. The molecular weight excluding hydrogens is 380 g/mol. The molecule has 7 heteroatoms. The Morgan fingerprint density at radius 3 is 2.67 bits per heavy atom. The Morgan fingerprint density at radius 2 is 2.03 bits per heavy atom. The fourth-order valence-corrected chi connectivity index (χ4v) is 4.74. The van der Waals surface area contributed by atoms with E-state index < -0.39 is 6.10 Å². The summed E-state index contributed by atoms with van der Waals surface area (Å²) in [4.78, 5) is 31.7. The molecule has 30 heavy (non-hydrogen) atoms. The van der Waals surface area contributed by atoms with Gasteiger partial charge in [0.05, 0.1) is 11.2 Å². The highest BCUT2D eigenvalue weighted by atomic mass is 16.3. The number of aliphatic hydroxyl groups excluding tert-OH is 1. The van der Waals surface area contributed by atoms with E-state index in [0.29, 0.717) is 43.5 Å². The largest absolute Gasteiger partial charge is 0.383 e. The Morgan fingerprint density at radius 1 is 1.30 bits per heavy atom. The van der Waals surface area contributed by atoms with Gasteiger partial charge in [0.15, 0.2) is 5.65 Å². The fourth-order valence-electron chi connectivity index (χ4n) is 4.74. The van der Waals surface area contributed by atoms with E-state index in [1.807, 2.05) is 23.6 Å². The molecule has 0 radical (unpaired) electrons. The second-order valence-corrected chi connectivity index (χ2v) is 10.0. The van der Waals surface area contributed by atoms with Crippen LogP contribution in [0.4, 0.5) is 0 Å². The zero-order valence-corrected chi connectivity index (χ0v) is 18.6. The Labute approximate surface area is 177 Å². The Balaban J connectivity index is 1.59. The number of carbonyl (C=O) groups excluding carboxylic acids is 1. The van der Waals surface area contributed by atoms with Crippen molar-refractivity contribution in [1.29, 1.82) is 0 Å². The first-order valence-corrected chi connectivity index (χ1v) is 10.8. The third-order valence-corrected chi connectivity index (χ3v) is 6.31. The van der Waals surface area contributed by atoms with E-state index in [1.165, 1.54) is 5.57 Å². The van der Waals surface area contributed by atoms with Crippen LogP contribution in [0, 0.1) is 17.3 Å². The summed E-state index contributed by atoms with van der Waals surface area (Å²) >= 11 is 0. The van der Waals surface area contributed by atoms with E-state index in [1.54, 1.807) is 16.5 Å². The number of imidazole rings is 1. The van der Waals surface area contributed by atoms with Crippen LogP contribution < -0.4 is 5.69 Å². The van der Waals surface area contributed by atoms with Crippen LogP contribution in [-0.2, 0) is 18.4 Å². The number of amides is 1. The predicted molar refractivity (Wildman–Crippen MR) is 117 cm³/mol. The first-order valence-electron chi connectivity index (χ1n) is 10.8. The molecule has 0 spiro atoms. The van der Waals surface area contributed by atoms with Gasteiger partial charge in [0.25, 0.3) is 5.91 Å². The van der Waals surface area contributed by atoms with E-state index in [9.17, 15) is 14.7 Å². The molecule has 2 aromatic rings. The summed E-state index contributed by atoms with van der Waals surface area (Å²) < 4.78 is 3.44. The molecule has 3 atom stereocenters. The van der Waals surface area contributed by atoms with E-state index in [-0.39, 0.29) is 17.0 Å². The number of pyridine rings is 1. The minimum Gasteiger partial charge on any atom is -0.383 e. The first kappa shape index (κ1) is 20.8. The number of fused-ring (bicyclic) bond motifs is 2. The van der Waals surface area contributed by atoms with Gasteiger partial charge in [-0.2, -0.15) is 0 Å². The Kier molecular flexibility index (Phi) is 5.12. The second-order valence-electron chi connectivity index (χ2n) is 10.0. The van der Waals surface area contributed by atoms with Crippen molar-refractivity contribution in [2.45, 2.75) is 53.2 Å². The average molecular weight is 413 g/mol. The van der Waals surface area contributed by atoms with E-state index in [0.717, 1.165) is 17.6 Å². The maximum Gasteiger partial charge on any atom is 0.330 e. The number of aliphatic hydroxyl groups is 1. The molecule has 7 nitrogen and oxygen atoms in total. The predicted octanol–water partition coefficient (Wildman–Crippen LogP) is 2.41. The van der Waals surface area contributed by atoms with E-state index in [2.05, 4.69) is 26.8 Å². The number of allylic oxidation sites excluding steroid dienone is 1. The van der Waals surface area contributed by atoms with Crippen LogP contribution in [0.25, 0.3) is 16.7 Å². The van der Waals surface area contributed by atoms with Crippen molar-refractivity contribution in [2.24, 2.45) is 24.3 Å². The number of nitrogens with zero attached hydrogens (tertiary/aromatic N) is 4. The zero-order chi connectivity index (χ0) is 21.8. The van der Waals surface area contributed by atoms with Gasteiger partial charge in [-0.1, -0.05) is 33.8 Å². The van der Waals surface area contributed by atoms with Crippen LogP contribution in [0.5, 0.6) is 0 Å². The highest BCUT2D eigenvalue weighted by Crippen LogP contribution is 2.41. The molecule has 1 saturated heterocycles. The van der Waals surface area contributed by atoms with Gasteiger partial charge < -0.3 is 10.0 Å². The van der Waals surface area contributed by atoms with Crippen LogP contribution >= 0.6 is 0 Å². The van der Waals surface area contributed by atoms with Crippen molar-refractivity contribution in [3.63, 3.8) is 0 Å². The van der Waals surface area contributed by atoms with Crippen LogP contribution in [0.15, 0.2) is 23.0 Å². The number of aryl methyl sites for hydroxylation is 1. The minimum absolute atomic E-state index is 0.00311. The molecule has 1 fully saturated rings. The minimum atomic E-state index is -0.894. The van der Waals surface area contributed by atoms with Crippen molar-refractivity contribution in [1.82, 2.24) is 19.0 Å². The normalized spacial score (nSPS) is 22.5. The lowest BCUT2D eigenvalue weighted by Crippen LogP contribution is -2.37. The quantitative estimate of drug-likeness (QED) is 0.836. The van der Waals surface area contributed by atoms with Crippen LogP contribution in [-0.4, -0.2) is 49.2 Å². The molecule has 1 aliphatic heterocycles. The first-order chi connectivity index (χ1) is 14.1. The van der Waals surface area contributed by atoms with Crippen LogP contribution in [0.2, 0.25) is 0 Å². The van der Waals surface area contributed by atoms with E-state index >= 15 is 0 Å². The summed E-state index contributed by atoms with van der Waals surface area (Å²) in [6, 6.07) is 4.02. The standard InChI is InChI=1S/C23H32N4O3/c1-6-19(28)21(29)26-11-15-9-14(10-16(15)12-26)17-7-8-18-20(24-17)25(5)22(30)27(18)13-23(2,3)4/h7-9,15-16,19,28H,6,10-13H2,1-5H3. The fraction of sp³-hybridized carbons (Fsp3) is 0.609. The molecule has 4 rings (SSSR count). The maximum atomic E-state index is 12.8. The SMILES string of the molecule is CCC(O)C(=O)N1CC2C=C(c3ccc4c(n3)n(C)c(=O)n4CC(C)(C)C)CC2C1. The van der Waals surface area contributed by atoms with Gasteiger partial charge >= 0.3 is 5.69 Å². The van der Waals surface area contributed by atoms with Gasteiger partial charge in [-0.3, -0.25) is 13.9 Å². The number of hydrogen-bond donors (Lipinski definition) is 1. The summed E-state index contributed by atoms with van der Waals surface area (Å²) in [5.41, 5.74) is 3.63. The van der Waals surface area contributed by atoms with Gasteiger partial charge in [-0.05, 0) is 47.8 Å². The zero-order valence-electron chi connectivity index (χ0n) is 18.6. The topological polar surface area (TPSA) is 80.4 Å². The monoisotopic (exact) mass is 412 g/mol. The molecular formula is C23H32N4O3. The molecule has 0 aromatic carbocycles. The highest BCUT2D eigenvalue weighted by molar-refractivity contribution is 5.81. The summed E-state index contributed by atoms with van der Waals surface area (Å²) in [5, 5.41) is 9.86. The summed E-state index contributed by atoms with van der Waals surface area (Å²) in [5.74, 6) is 0.524. The van der Waals surface area contributed by atoms with Gasteiger partial charge in [0.2, 0.25) is 0 Å². The van der Waals surface area contributed by atoms with Crippen molar-refractivity contribution in [3.8, 4) is 0 Å². The van der Waals surface area contributed by atoms with Crippen molar-refractivity contribution in [2.75, 3.05) is 13.1 Å². The third kappa shape index (κ3) is 3.60. The van der Waals surface area contributed by atoms with Crippen LogP contribution in [0.3, 0.4) is 0 Å². The molecule has 1 aliphatic carbocycles. The molecule has 0 saturated carbocycles. The Hall–Kier alpha value is -2.41. The summed E-state index contributed by atoms with van der Waals surface area (Å²) in [6.07, 6.45) is 2.65. The second kappa shape index (κ2) is 7.38. The molecule has 0 bridgehead atoms. The number of likely N-dealkylation sites (tertiary alicyclic amines) is 1. The van der Waals surface area contributed by atoms with Gasteiger partial charge in [-0.15, -0.1) is 0 Å². The molecule has 3 heterocycles. The van der Waals surface area contributed by atoms with Crippen molar-refractivity contribution < 1.29 is 9.90 Å². The highest BCUT2D eigenvalue weighted by Gasteiger charge is 2.39. The number of aromatic nitrogens is 3. The number of hydrogen-bond acceptors (Lipinski definition) is 4. The van der Waals surface area contributed by atoms with Gasteiger partial charge in [-0.25, -0.2) is 9.78 Å². The summed E-state index contributed by atoms with van der Waals surface area (Å²) in [6.45, 7) is 10.2. The average Bonchev–Trinajstić information content (AvgIpc) is 3.33. The van der Waals surface area contributed by atoms with Crippen molar-refractivity contribution >= 4 is 22.6 Å². The molecule has 1 amide bonds. The molecule has 2 aliphatic rings. The third-order valence-electron chi connectivity index (χ3n) is 6.31. The summed E-state index contributed by atoms with van der Waals surface area (Å²) in [7, 11) is 1.78. The van der Waals surface area contributed by atoms with Gasteiger partial charge in [0.1, 0.15) is 6.10 Å². The van der Waals surface area contributed by atoms with Crippen molar-refractivity contribution in [3.05, 3.63) is 34.4 Å². The molecule has 2 aromatic heterocycles. The smallest absolute Gasteiger partial charge is 0.330 e. The van der Waals surface area contributed by atoms with Crippen LogP contribution in [0.1, 0.15) is 46.2 Å². The lowest BCUT2D eigenvalue weighted by molar-refractivity contribution is -0.139. The molecule has 162 valence electrons. The van der Waals surface area contributed by atoms with E-state index in [4.69, 9.17) is 4.98 Å². The molecule has 3 unspecified atom stereocenters. The number of carbonyl (C=O) groups is 1.